The maximum atomic E-state index is 12.4. The fourth-order valence-corrected chi connectivity index (χ4v) is 3.45. The van der Waals surface area contributed by atoms with E-state index in [-0.39, 0.29) is 11.9 Å². The molecule has 23 heavy (non-hydrogen) atoms. The summed E-state index contributed by atoms with van der Waals surface area (Å²) in [6, 6.07) is 5.66. The van der Waals surface area contributed by atoms with Gasteiger partial charge in [0, 0.05) is 16.2 Å². The van der Waals surface area contributed by atoms with E-state index in [2.05, 4.69) is 42.0 Å². The number of halogens is 1. The molecule has 1 aromatic carbocycles. The summed E-state index contributed by atoms with van der Waals surface area (Å²) in [6.45, 7) is 10.9. The van der Waals surface area contributed by atoms with Gasteiger partial charge in [-0.25, -0.2) is 0 Å². The average molecular weight is 383 g/mol. The van der Waals surface area contributed by atoms with Crippen LogP contribution < -0.4 is 11.1 Å². The lowest BCUT2D eigenvalue weighted by molar-refractivity contribution is 0.0905. The molecule has 0 radical (unpaired) electrons. The molecular formula is C19H31BrN2O. The number of carbonyl (C=O) groups is 1. The zero-order chi connectivity index (χ0) is 17.6. The van der Waals surface area contributed by atoms with Crippen molar-refractivity contribution in [3.63, 3.8) is 0 Å². The van der Waals surface area contributed by atoms with Crippen molar-refractivity contribution in [3.05, 3.63) is 28.2 Å². The minimum Gasteiger partial charge on any atom is -0.398 e. The van der Waals surface area contributed by atoms with Gasteiger partial charge >= 0.3 is 0 Å². The number of carbonyl (C=O) groups excluding carboxylic acids is 1. The molecule has 0 saturated heterocycles. The number of nitrogens with one attached hydrogen (secondary N) is 1. The van der Waals surface area contributed by atoms with E-state index in [9.17, 15) is 4.79 Å². The third-order valence-corrected chi connectivity index (χ3v) is 5.04. The first-order valence-electron chi connectivity index (χ1n) is 8.63. The SMILES string of the molecule is CC.CC(C)(C)C1CCC(NC(=O)c2cc(Br)ccc2N)CC1. The molecule has 1 aliphatic rings. The van der Waals surface area contributed by atoms with Crippen molar-refractivity contribution < 1.29 is 4.79 Å². The van der Waals surface area contributed by atoms with Crippen LogP contribution in [-0.4, -0.2) is 11.9 Å². The fourth-order valence-electron chi connectivity index (χ4n) is 3.09. The van der Waals surface area contributed by atoms with Crippen LogP contribution in [0.15, 0.2) is 22.7 Å². The molecule has 1 saturated carbocycles. The average Bonchev–Trinajstić information content (AvgIpc) is 2.51. The maximum absolute atomic E-state index is 12.4. The Balaban J connectivity index is 0.00000127. The van der Waals surface area contributed by atoms with Gasteiger partial charge in [0.2, 0.25) is 0 Å². The lowest BCUT2D eigenvalue weighted by atomic mass is 9.71. The van der Waals surface area contributed by atoms with E-state index in [1.165, 1.54) is 12.8 Å². The summed E-state index contributed by atoms with van der Waals surface area (Å²) in [6.07, 6.45) is 4.48. The van der Waals surface area contributed by atoms with E-state index in [4.69, 9.17) is 5.73 Å². The Kier molecular flexibility index (Phi) is 7.59. The summed E-state index contributed by atoms with van der Waals surface area (Å²) in [5.74, 6) is 0.689. The minimum absolute atomic E-state index is 0.0620. The van der Waals surface area contributed by atoms with E-state index in [1.54, 1.807) is 12.1 Å². The second-order valence-corrected chi connectivity index (χ2v) is 8.04. The molecule has 0 unspecified atom stereocenters. The Morgan fingerprint density at radius 2 is 1.74 bits per heavy atom. The van der Waals surface area contributed by atoms with E-state index < -0.39 is 0 Å². The van der Waals surface area contributed by atoms with Crippen molar-refractivity contribution in [1.29, 1.82) is 0 Å². The minimum atomic E-state index is -0.0620. The van der Waals surface area contributed by atoms with Crippen LogP contribution in [0.25, 0.3) is 0 Å². The van der Waals surface area contributed by atoms with Crippen molar-refractivity contribution in [1.82, 2.24) is 5.32 Å². The number of benzene rings is 1. The molecular weight excluding hydrogens is 352 g/mol. The van der Waals surface area contributed by atoms with E-state index in [1.807, 2.05) is 19.9 Å². The zero-order valence-electron chi connectivity index (χ0n) is 15.1. The molecule has 0 atom stereocenters. The highest BCUT2D eigenvalue weighted by molar-refractivity contribution is 9.10. The van der Waals surface area contributed by atoms with Crippen molar-refractivity contribution in [2.24, 2.45) is 11.3 Å². The van der Waals surface area contributed by atoms with Crippen molar-refractivity contribution in [2.75, 3.05) is 5.73 Å². The number of rotatable bonds is 2. The molecule has 0 aliphatic heterocycles. The van der Waals surface area contributed by atoms with E-state index >= 15 is 0 Å². The molecule has 1 aromatic rings. The molecule has 3 N–H and O–H groups in total. The van der Waals surface area contributed by atoms with Crippen molar-refractivity contribution >= 4 is 27.5 Å². The van der Waals surface area contributed by atoms with Crippen LogP contribution in [0, 0.1) is 11.3 Å². The summed E-state index contributed by atoms with van der Waals surface area (Å²) in [5, 5.41) is 3.14. The number of nitrogens with two attached hydrogens (primary N) is 1. The second kappa shape index (κ2) is 8.72. The number of nitrogen functional groups attached to an aromatic ring is 1. The molecule has 2 rings (SSSR count). The molecule has 0 aromatic heterocycles. The number of anilines is 1. The first-order valence-corrected chi connectivity index (χ1v) is 9.42. The Hall–Kier alpha value is -1.03. The molecule has 4 heteroatoms. The largest absolute Gasteiger partial charge is 0.398 e. The van der Waals surface area contributed by atoms with Gasteiger partial charge in [-0.15, -0.1) is 0 Å². The summed E-state index contributed by atoms with van der Waals surface area (Å²) < 4.78 is 0.873. The van der Waals surface area contributed by atoms with Gasteiger partial charge in [0.15, 0.2) is 0 Å². The molecule has 1 fully saturated rings. The van der Waals surface area contributed by atoms with Gasteiger partial charge in [-0.2, -0.15) is 0 Å². The predicted octanol–water partition coefficient (Wildman–Crippen LogP) is 5.39. The van der Waals surface area contributed by atoms with Crippen molar-refractivity contribution in [2.45, 2.75) is 66.3 Å². The molecule has 1 amide bonds. The lowest BCUT2D eigenvalue weighted by Gasteiger charge is -2.37. The standard InChI is InChI=1S/C17H25BrN2O.C2H6/c1-17(2,3)11-4-7-13(8-5-11)20-16(21)14-10-12(18)6-9-15(14)19;1-2/h6,9-11,13H,4-5,7-8,19H2,1-3H3,(H,20,21);1-2H3. The van der Waals surface area contributed by atoms with E-state index in [0.717, 1.165) is 23.2 Å². The van der Waals surface area contributed by atoms with E-state index in [0.29, 0.717) is 16.7 Å². The number of hydrogen-bond donors (Lipinski definition) is 2. The van der Waals surface area contributed by atoms with Gasteiger partial charge < -0.3 is 11.1 Å². The van der Waals surface area contributed by atoms with Gasteiger partial charge in [0.25, 0.3) is 5.91 Å². The quantitative estimate of drug-likeness (QED) is 0.673. The highest BCUT2D eigenvalue weighted by atomic mass is 79.9. The topological polar surface area (TPSA) is 55.1 Å². The normalized spacial score (nSPS) is 21.1. The lowest BCUT2D eigenvalue weighted by Crippen LogP contribution is -2.39. The smallest absolute Gasteiger partial charge is 0.253 e. The molecule has 3 nitrogen and oxygen atoms in total. The summed E-state index contributed by atoms with van der Waals surface area (Å²) in [7, 11) is 0. The molecule has 0 spiro atoms. The maximum Gasteiger partial charge on any atom is 0.253 e. The summed E-state index contributed by atoms with van der Waals surface area (Å²) in [5.41, 5.74) is 7.34. The van der Waals surface area contributed by atoms with Crippen LogP contribution in [0.2, 0.25) is 0 Å². The third-order valence-electron chi connectivity index (χ3n) is 4.55. The van der Waals surface area contributed by atoms with Crippen LogP contribution in [-0.2, 0) is 0 Å². The van der Waals surface area contributed by atoms with Gasteiger partial charge in [0.1, 0.15) is 0 Å². The summed E-state index contributed by atoms with van der Waals surface area (Å²) in [4.78, 5) is 12.4. The van der Waals surface area contributed by atoms with Gasteiger partial charge in [0.05, 0.1) is 5.56 Å². The number of hydrogen-bond acceptors (Lipinski definition) is 2. The Morgan fingerprint density at radius 3 is 2.26 bits per heavy atom. The Labute approximate surface area is 149 Å². The van der Waals surface area contributed by atoms with Crippen LogP contribution >= 0.6 is 15.9 Å². The Morgan fingerprint density at radius 1 is 1.17 bits per heavy atom. The highest BCUT2D eigenvalue weighted by Gasteiger charge is 2.30. The number of amides is 1. The second-order valence-electron chi connectivity index (χ2n) is 7.12. The molecule has 0 heterocycles. The first-order chi connectivity index (χ1) is 10.8. The molecule has 0 bridgehead atoms. The monoisotopic (exact) mass is 382 g/mol. The van der Waals surface area contributed by atoms with Gasteiger partial charge in [-0.3, -0.25) is 4.79 Å². The fraction of sp³-hybridized carbons (Fsp3) is 0.632. The summed E-state index contributed by atoms with van der Waals surface area (Å²) >= 11 is 3.38. The highest BCUT2D eigenvalue weighted by Crippen LogP contribution is 2.37. The first kappa shape index (κ1) is 20.0. The Bertz CT molecular complexity index is 515. The zero-order valence-corrected chi connectivity index (χ0v) is 16.7. The predicted molar refractivity (Wildman–Crippen MR) is 103 cm³/mol. The van der Waals surface area contributed by atoms with Crippen LogP contribution in [0.4, 0.5) is 5.69 Å². The third kappa shape index (κ3) is 5.83. The van der Waals surface area contributed by atoms with Gasteiger partial charge in [-0.05, 0) is 55.2 Å². The molecule has 130 valence electrons. The van der Waals surface area contributed by atoms with Gasteiger partial charge in [-0.1, -0.05) is 50.5 Å². The van der Waals surface area contributed by atoms with Crippen LogP contribution in [0.3, 0.4) is 0 Å². The van der Waals surface area contributed by atoms with Crippen LogP contribution in [0.1, 0.15) is 70.7 Å². The van der Waals surface area contributed by atoms with Crippen LogP contribution in [0.5, 0.6) is 0 Å². The van der Waals surface area contributed by atoms with Crippen molar-refractivity contribution in [3.8, 4) is 0 Å². The molecule has 1 aliphatic carbocycles.